The van der Waals surface area contributed by atoms with Gasteiger partial charge < -0.3 is 20.3 Å². The first-order valence-electron chi connectivity index (χ1n) is 10.7. The number of pyridine rings is 1. The molecule has 7 heteroatoms. The molecule has 1 aromatic carbocycles. The first kappa shape index (κ1) is 20.2. The quantitative estimate of drug-likeness (QED) is 0.704. The van der Waals surface area contributed by atoms with E-state index >= 15 is 0 Å². The highest BCUT2D eigenvalue weighted by molar-refractivity contribution is 5.70. The van der Waals surface area contributed by atoms with Crippen LogP contribution in [0.2, 0.25) is 0 Å². The Morgan fingerprint density at radius 1 is 1.16 bits per heavy atom. The molecule has 3 aliphatic rings. The number of hydrogen-bond donors (Lipinski definition) is 3. The highest BCUT2D eigenvalue weighted by Gasteiger charge is 2.59. The number of alkyl carbamates (subject to hydrolysis) is 1. The molecule has 0 radical (unpaired) electrons. The molecule has 1 aromatic heterocycles. The summed E-state index contributed by atoms with van der Waals surface area (Å²) in [6.45, 7) is 0.423. The fourth-order valence-electron chi connectivity index (χ4n) is 5.56. The summed E-state index contributed by atoms with van der Waals surface area (Å²) in [5.74, 6) is -0.0664. The smallest absolute Gasteiger partial charge is 0.407 e. The van der Waals surface area contributed by atoms with Gasteiger partial charge in [0.15, 0.2) is 0 Å². The number of benzene rings is 1. The summed E-state index contributed by atoms with van der Waals surface area (Å²) in [6, 6.07) is 10.1. The van der Waals surface area contributed by atoms with Gasteiger partial charge in [0.2, 0.25) is 0 Å². The van der Waals surface area contributed by atoms with E-state index in [-0.39, 0.29) is 23.6 Å². The number of amides is 1. The Labute approximate surface area is 179 Å². The van der Waals surface area contributed by atoms with Gasteiger partial charge in [-0.15, -0.1) is 0 Å². The van der Waals surface area contributed by atoms with Crippen LogP contribution in [0.15, 0.2) is 48.7 Å². The first-order chi connectivity index (χ1) is 14.9. The standard InChI is InChI=1S/C24H25FN2O4/c25-17-3-1-2-14(8-17)15-4-5-18(26-12-15)6-7-20-19-10-22(29)21(28)9-16(19)11-24(20)13-27-23(30)31-24/h1-8,12,16,19-22,28-29H,9-11,13H2,(H,27,30)/b7-6+/t16-,19+,20-,21-,22-,24-/m0/s1. The Morgan fingerprint density at radius 3 is 2.71 bits per heavy atom. The molecule has 162 valence electrons. The van der Waals surface area contributed by atoms with Crippen molar-refractivity contribution in [1.82, 2.24) is 10.3 Å². The van der Waals surface area contributed by atoms with Crippen LogP contribution in [0.1, 0.15) is 25.0 Å². The van der Waals surface area contributed by atoms with Gasteiger partial charge in [-0.05, 0) is 60.9 Å². The van der Waals surface area contributed by atoms with Crippen LogP contribution in [0.5, 0.6) is 0 Å². The summed E-state index contributed by atoms with van der Waals surface area (Å²) in [6.07, 6.45) is 5.38. The number of hydrogen-bond acceptors (Lipinski definition) is 5. The fraction of sp³-hybridized carbons (Fsp3) is 0.417. The van der Waals surface area contributed by atoms with Crippen LogP contribution in [-0.2, 0) is 4.74 Å². The maximum Gasteiger partial charge on any atom is 0.407 e. The lowest BCUT2D eigenvalue weighted by atomic mass is 9.74. The Morgan fingerprint density at radius 2 is 2.00 bits per heavy atom. The van der Waals surface area contributed by atoms with Crippen molar-refractivity contribution in [2.24, 2.45) is 17.8 Å². The summed E-state index contributed by atoms with van der Waals surface area (Å²) in [5.41, 5.74) is 1.67. The summed E-state index contributed by atoms with van der Waals surface area (Å²) in [4.78, 5) is 16.3. The second kappa shape index (κ2) is 7.73. The molecule has 1 amide bonds. The number of rotatable bonds is 3. The second-order valence-electron chi connectivity index (χ2n) is 8.91. The van der Waals surface area contributed by atoms with Crippen molar-refractivity contribution < 1.29 is 24.1 Å². The molecule has 3 N–H and O–H groups in total. The lowest BCUT2D eigenvalue weighted by Gasteiger charge is -2.35. The largest absolute Gasteiger partial charge is 0.440 e. The van der Waals surface area contributed by atoms with Crippen molar-refractivity contribution in [3.8, 4) is 11.1 Å². The van der Waals surface area contributed by atoms with Gasteiger partial charge in [-0.25, -0.2) is 9.18 Å². The zero-order valence-electron chi connectivity index (χ0n) is 16.9. The van der Waals surface area contributed by atoms with E-state index in [9.17, 15) is 19.4 Å². The van der Waals surface area contributed by atoms with Gasteiger partial charge in [0.1, 0.15) is 11.4 Å². The molecule has 1 aliphatic heterocycles. The number of aliphatic hydroxyl groups excluding tert-OH is 2. The van der Waals surface area contributed by atoms with Gasteiger partial charge in [0, 0.05) is 17.7 Å². The summed E-state index contributed by atoms with van der Waals surface area (Å²) >= 11 is 0. The molecule has 2 aromatic rings. The third kappa shape index (κ3) is 3.72. The third-order valence-corrected chi connectivity index (χ3v) is 7.03. The maximum atomic E-state index is 13.5. The summed E-state index contributed by atoms with van der Waals surface area (Å²) < 4.78 is 19.2. The number of nitrogens with one attached hydrogen (secondary N) is 1. The molecule has 6 nitrogen and oxygen atoms in total. The molecule has 5 rings (SSSR count). The average molecular weight is 424 g/mol. The number of aromatic nitrogens is 1. The molecule has 31 heavy (non-hydrogen) atoms. The molecule has 2 saturated carbocycles. The van der Waals surface area contributed by atoms with Crippen LogP contribution in [0.25, 0.3) is 17.2 Å². The van der Waals surface area contributed by atoms with Crippen LogP contribution < -0.4 is 5.32 Å². The molecule has 2 aliphatic carbocycles. The van der Waals surface area contributed by atoms with Crippen LogP contribution in [0.4, 0.5) is 9.18 Å². The molecule has 0 unspecified atom stereocenters. The topological polar surface area (TPSA) is 91.7 Å². The minimum Gasteiger partial charge on any atom is -0.440 e. The lowest BCUT2D eigenvalue weighted by Crippen LogP contribution is -2.40. The van der Waals surface area contributed by atoms with Crippen molar-refractivity contribution in [3.63, 3.8) is 0 Å². The van der Waals surface area contributed by atoms with E-state index in [0.29, 0.717) is 25.8 Å². The molecule has 1 saturated heterocycles. The SMILES string of the molecule is O=C1NC[C@]2(C[C@@H]3C[C@H](O)[C@@H](O)C[C@H]3[C@@H]2/C=C/c2ccc(-c3cccc(F)c3)cn2)O1. The molecular weight excluding hydrogens is 399 g/mol. The normalized spacial score (nSPS) is 34.7. The Bertz CT molecular complexity index is 1010. The van der Waals surface area contributed by atoms with Crippen LogP contribution in [0, 0.1) is 23.6 Å². The van der Waals surface area contributed by atoms with E-state index in [1.165, 1.54) is 12.1 Å². The monoisotopic (exact) mass is 424 g/mol. The number of nitrogens with zero attached hydrogens (tertiary/aromatic N) is 1. The Balaban J connectivity index is 1.39. The van der Waals surface area contributed by atoms with Gasteiger partial charge in [-0.1, -0.05) is 24.3 Å². The number of fused-ring (bicyclic) bond motifs is 1. The number of halogens is 1. The predicted octanol–water partition coefficient (Wildman–Crippen LogP) is 3.15. The first-order valence-corrected chi connectivity index (χ1v) is 10.7. The van der Waals surface area contributed by atoms with E-state index in [1.807, 2.05) is 30.4 Å². The second-order valence-corrected chi connectivity index (χ2v) is 8.91. The lowest BCUT2D eigenvalue weighted by molar-refractivity contribution is -0.0455. The van der Waals surface area contributed by atoms with Gasteiger partial charge in [0.25, 0.3) is 0 Å². The molecule has 2 heterocycles. The van der Waals surface area contributed by atoms with E-state index in [1.54, 1.807) is 12.3 Å². The number of ether oxygens (including phenoxy) is 1. The van der Waals surface area contributed by atoms with Gasteiger partial charge in [-0.2, -0.15) is 0 Å². The number of carbonyl (C=O) groups is 1. The zero-order chi connectivity index (χ0) is 21.6. The van der Waals surface area contributed by atoms with Gasteiger partial charge in [-0.3, -0.25) is 4.98 Å². The Hall–Kier alpha value is -2.77. The number of aliphatic hydroxyl groups is 2. The van der Waals surface area contributed by atoms with Crippen LogP contribution in [0.3, 0.4) is 0 Å². The molecule has 1 spiro atoms. The van der Waals surface area contributed by atoms with Crippen LogP contribution >= 0.6 is 0 Å². The van der Waals surface area contributed by atoms with Crippen molar-refractivity contribution >= 4 is 12.2 Å². The Kier molecular flexibility index (Phi) is 5.02. The third-order valence-electron chi connectivity index (χ3n) is 7.03. The van der Waals surface area contributed by atoms with Crippen molar-refractivity contribution in [2.45, 2.75) is 37.1 Å². The average Bonchev–Trinajstić information content (AvgIpc) is 3.26. The van der Waals surface area contributed by atoms with E-state index in [2.05, 4.69) is 10.3 Å². The minimum atomic E-state index is -0.763. The molecule has 0 bridgehead atoms. The molecule has 3 fully saturated rings. The van der Waals surface area contributed by atoms with Crippen molar-refractivity contribution in [3.05, 3.63) is 60.2 Å². The highest BCUT2D eigenvalue weighted by atomic mass is 19.1. The maximum absolute atomic E-state index is 13.5. The van der Waals surface area contributed by atoms with E-state index in [4.69, 9.17) is 4.74 Å². The van der Waals surface area contributed by atoms with E-state index < -0.39 is 23.9 Å². The highest BCUT2D eigenvalue weighted by Crippen LogP contribution is 2.54. The predicted molar refractivity (Wildman–Crippen MR) is 112 cm³/mol. The molecule has 6 atom stereocenters. The van der Waals surface area contributed by atoms with Gasteiger partial charge >= 0.3 is 6.09 Å². The van der Waals surface area contributed by atoms with Crippen LogP contribution in [-0.4, -0.2) is 45.6 Å². The zero-order valence-corrected chi connectivity index (χ0v) is 16.9. The minimum absolute atomic E-state index is 0.0803. The van der Waals surface area contributed by atoms with Crippen molar-refractivity contribution in [1.29, 1.82) is 0 Å². The van der Waals surface area contributed by atoms with Crippen molar-refractivity contribution in [2.75, 3.05) is 6.54 Å². The molecular formula is C24H25FN2O4. The van der Waals surface area contributed by atoms with E-state index in [0.717, 1.165) is 16.8 Å². The summed E-state index contributed by atoms with van der Waals surface area (Å²) in [5, 5.41) is 23.1. The number of carbonyl (C=O) groups excluding carboxylic acids is 1. The van der Waals surface area contributed by atoms with Gasteiger partial charge in [0.05, 0.1) is 24.4 Å². The summed E-state index contributed by atoms with van der Waals surface area (Å²) in [7, 11) is 0. The fourth-order valence-corrected chi connectivity index (χ4v) is 5.56.